The molecule has 2 aromatic rings. The number of aromatic nitrogens is 4. The smallest absolute Gasteiger partial charge is 0.756 e. The maximum atomic E-state index is 11.3. The zero-order valence-electron chi connectivity index (χ0n) is 14.2. The van der Waals surface area contributed by atoms with Crippen molar-refractivity contribution in [1.29, 1.82) is 0 Å². The molecule has 0 radical (unpaired) electrons. The number of ether oxygens (including phenoxy) is 1. The van der Waals surface area contributed by atoms with Crippen molar-refractivity contribution in [3.05, 3.63) is 12.7 Å². The van der Waals surface area contributed by atoms with Gasteiger partial charge in [0.25, 0.3) is 7.82 Å². The predicted molar refractivity (Wildman–Crippen MR) is 82.3 cm³/mol. The van der Waals surface area contributed by atoms with Gasteiger partial charge in [0.2, 0.25) is 0 Å². The van der Waals surface area contributed by atoms with E-state index in [1.54, 1.807) is 0 Å². The SMILES string of the molecule is Nc1ncnc2c1ncn2[C@@H]1O[C@H](COP(=O)([O-])O)[C@@H](O)[C@H]1OP(=O)(O)O.[Na+]. The number of nitrogen functional groups attached to an aromatic ring is 1. The maximum absolute atomic E-state index is 11.3. The van der Waals surface area contributed by atoms with Crippen molar-refractivity contribution in [1.82, 2.24) is 19.5 Å². The molecule has 0 spiro atoms. The minimum atomic E-state index is -5.12. The largest absolute Gasteiger partial charge is 1.00 e. The second-order valence-corrected chi connectivity index (χ2v) is 7.85. The molecule has 150 valence electrons. The summed E-state index contributed by atoms with van der Waals surface area (Å²) in [5, 5.41) is 10.3. The number of anilines is 1. The van der Waals surface area contributed by atoms with Crippen LogP contribution in [0.5, 0.6) is 0 Å². The Bertz CT molecular complexity index is 932. The van der Waals surface area contributed by atoms with Crippen LogP contribution in [0, 0.1) is 0 Å². The first-order valence-corrected chi connectivity index (χ1v) is 10.2. The normalized spacial score (nSPS) is 27.5. The van der Waals surface area contributed by atoms with E-state index in [0.29, 0.717) is 0 Å². The Morgan fingerprint density at radius 1 is 1.29 bits per heavy atom. The molecule has 0 aliphatic carbocycles. The van der Waals surface area contributed by atoms with Crippen LogP contribution in [0.4, 0.5) is 5.82 Å². The van der Waals surface area contributed by atoms with Gasteiger partial charge in [-0.3, -0.25) is 13.7 Å². The standard InChI is InChI=1S/C10H15N5O10P2.Na/c11-8-5-9(13-2-12-8)15(3-14-5)10-7(25-27(20,21)22)6(16)4(24-10)1-23-26(17,18)19;/h2-4,6-7,10,16H,1H2,(H2,11,12,13)(H2,17,18,19)(H2,20,21,22);/q;+1/p-1/t4-,6-,7-,10-;/m1./s1. The molecule has 28 heavy (non-hydrogen) atoms. The molecule has 0 bridgehead atoms. The van der Waals surface area contributed by atoms with Crippen molar-refractivity contribution in [2.45, 2.75) is 24.5 Å². The summed E-state index contributed by atoms with van der Waals surface area (Å²) in [6.07, 6.45) is -3.91. The number of phosphoric acid groups is 2. The second-order valence-electron chi connectivity index (χ2n) is 5.46. The second kappa shape index (κ2) is 8.70. The van der Waals surface area contributed by atoms with E-state index in [1.807, 2.05) is 0 Å². The summed E-state index contributed by atoms with van der Waals surface area (Å²) in [5.41, 5.74) is 5.93. The van der Waals surface area contributed by atoms with Crippen LogP contribution in [-0.2, 0) is 22.9 Å². The number of phosphoric ester groups is 2. The molecule has 1 aliphatic rings. The van der Waals surface area contributed by atoms with E-state index in [0.717, 1.165) is 12.7 Å². The van der Waals surface area contributed by atoms with Crippen LogP contribution < -0.4 is 40.2 Å². The number of rotatable bonds is 6. The fraction of sp³-hybridized carbons (Fsp3) is 0.500. The van der Waals surface area contributed by atoms with Gasteiger partial charge in [-0.25, -0.2) is 19.5 Å². The molecular weight excluding hydrogens is 435 g/mol. The third-order valence-corrected chi connectivity index (χ3v) is 4.63. The topological polar surface area (TPSA) is 235 Å². The van der Waals surface area contributed by atoms with Gasteiger partial charge in [0, 0.05) is 0 Å². The molecule has 5 atom stereocenters. The van der Waals surface area contributed by atoms with Gasteiger partial charge in [-0.15, -0.1) is 0 Å². The Kier molecular flexibility index (Phi) is 7.38. The third kappa shape index (κ3) is 5.34. The van der Waals surface area contributed by atoms with Gasteiger partial charge in [0.05, 0.1) is 12.9 Å². The number of hydrogen-bond donors (Lipinski definition) is 5. The summed E-state index contributed by atoms with van der Waals surface area (Å²) >= 11 is 0. The molecule has 15 nitrogen and oxygen atoms in total. The number of nitrogens with two attached hydrogens (primary N) is 1. The van der Waals surface area contributed by atoms with Crippen molar-refractivity contribution >= 4 is 32.6 Å². The number of fused-ring (bicyclic) bond motifs is 1. The van der Waals surface area contributed by atoms with E-state index in [-0.39, 0.29) is 46.5 Å². The van der Waals surface area contributed by atoms with Gasteiger partial charge in [0.15, 0.2) is 17.7 Å². The molecular formula is C10H14N5NaO10P2. The maximum Gasteiger partial charge on any atom is 1.00 e. The van der Waals surface area contributed by atoms with Gasteiger partial charge in [0.1, 0.15) is 30.2 Å². The first-order chi connectivity index (χ1) is 12.5. The fourth-order valence-electron chi connectivity index (χ4n) is 2.58. The van der Waals surface area contributed by atoms with Crippen molar-refractivity contribution in [3.63, 3.8) is 0 Å². The summed E-state index contributed by atoms with van der Waals surface area (Å²) in [5.74, 6) is 0.0252. The number of hydrogen-bond acceptors (Lipinski definition) is 11. The first kappa shape index (κ1) is 23.8. The van der Waals surface area contributed by atoms with Gasteiger partial charge in [-0.2, -0.15) is 0 Å². The minimum Gasteiger partial charge on any atom is -0.756 e. The Morgan fingerprint density at radius 3 is 2.57 bits per heavy atom. The van der Waals surface area contributed by atoms with Gasteiger partial charge < -0.3 is 39.7 Å². The van der Waals surface area contributed by atoms with Gasteiger partial charge >= 0.3 is 37.4 Å². The van der Waals surface area contributed by atoms with Crippen molar-refractivity contribution in [2.75, 3.05) is 12.3 Å². The molecule has 1 saturated heterocycles. The molecule has 3 rings (SSSR count). The summed E-state index contributed by atoms with van der Waals surface area (Å²) in [4.78, 5) is 49.3. The molecule has 6 N–H and O–H groups in total. The minimum absolute atomic E-state index is 0. The predicted octanol–water partition coefficient (Wildman–Crippen LogP) is -5.37. The van der Waals surface area contributed by atoms with Crippen LogP contribution in [0.25, 0.3) is 11.2 Å². The van der Waals surface area contributed by atoms with Crippen LogP contribution in [0.3, 0.4) is 0 Å². The number of imidazole rings is 1. The zero-order valence-corrected chi connectivity index (χ0v) is 18.0. The Balaban J connectivity index is 0.00000280. The summed E-state index contributed by atoms with van der Waals surface area (Å²) < 4.78 is 37.4. The first-order valence-electron chi connectivity index (χ1n) is 7.15. The fourth-order valence-corrected chi connectivity index (χ4v) is 3.46. The Labute approximate surface area is 178 Å². The average Bonchev–Trinajstić information content (AvgIpc) is 3.07. The van der Waals surface area contributed by atoms with Crippen LogP contribution in [-0.4, -0.2) is 64.2 Å². The molecule has 2 aromatic heterocycles. The van der Waals surface area contributed by atoms with Crippen molar-refractivity contribution < 1.29 is 77.2 Å². The van der Waals surface area contributed by atoms with E-state index in [4.69, 9.17) is 25.2 Å². The van der Waals surface area contributed by atoms with E-state index in [2.05, 4.69) is 24.0 Å². The number of aliphatic hydroxyl groups excluding tert-OH is 1. The van der Waals surface area contributed by atoms with Crippen LogP contribution in [0.2, 0.25) is 0 Å². The quantitative estimate of drug-likeness (QED) is 0.205. The van der Waals surface area contributed by atoms with Crippen LogP contribution in [0.15, 0.2) is 12.7 Å². The van der Waals surface area contributed by atoms with Gasteiger partial charge in [-0.1, -0.05) is 0 Å². The molecule has 3 heterocycles. The van der Waals surface area contributed by atoms with Crippen molar-refractivity contribution in [3.8, 4) is 0 Å². The number of aliphatic hydroxyl groups is 1. The molecule has 1 aliphatic heterocycles. The molecule has 1 fully saturated rings. The summed E-state index contributed by atoms with van der Waals surface area (Å²) in [7, 11) is -10.2. The molecule has 18 heteroatoms. The Hall–Kier alpha value is -0.510. The molecule has 1 unspecified atom stereocenters. The third-order valence-electron chi connectivity index (χ3n) is 3.63. The van der Waals surface area contributed by atoms with E-state index >= 15 is 0 Å². The monoisotopic (exact) mass is 449 g/mol. The van der Waals surface area contributed by atoms with E-state index in [9.17, 15) is 19.1 Å². The van der Waals surface area contributed by atoms with E-state index < -0.39 is 46.8 Å². The summed E-state index contributed by atoms with van der Waals surface area (Å²) in [6.45, 7) is -0.834. The van der Waals surface area contributed by atoms with Crippen molar-refractivity contribution in [2.24, 2.45) is 0 Å². The van der Waals surface area contributed by atoms with Gasteiger partial charge in [-0.05, 0) is 0 Å². The van der Waals surface area contributed by atoms with E-state index in [1.165, 1.54) is 4.57 Å². The zero-order chi connectivity index (χ0) is 20.0. The molecule has 0 saturated carbocycles. The molecule has 0 amide bonds. The molecule has 0 aromatic carbocycles. The van der Waals surface area contributed by atoms with Crippen LogP contribution >= 0.6 is 15.6 Å². The Morgan fingerprint density at radius 2 is 1.96 bits per heavy atom. The average molecular weight is 449 g/mol. The number of nitrogens with zero attached hydrogens (tertiary/aromatic N) is 4. The van der Waals surface area contributed by atoms with Crippen LogP contribution in [0.1, 0.15) is 6.23 Å². The summed E-state index contributed by atoms with van der Waals surface area (Å²) in [6, 6.07) is 0.